The van der Waals surface area contributed by atoms with Gasteiger partial charge < -0.3 is 0 Å². The first kappa shape index (κ1) is 10.2. The van der Waals surface area contributed by atoms with E-state index in [2.05, 4.69) is 0 Å². The molecule has 0 saturated carbocycles. The third kappa shape index (κ3) is 1.48. The molecule has 4 heteroatoms. The zero-order valence-electron chi connectivity index (χ0n) is 9.32. The zero-order chi connectivity index (χ0) is 11.8. The van der Waals surface area contributed by atoms with Crippen LogP contribution in [0.1, 0.15) is 12.8 Å². The Labute approximate surface area is 99.1 Å². The summed E-state index contributed by atoms with van der Waals surface area (Å²) in [7, 11) is 0. The SMILES string of the molecule is O=C1C2CC=CCC2C(=O)N1[n+]1ccccc1. The predicted octanol–water partition coefficient (Wildman–Crippen LogP) is 0.561. The standard InChI is InChI=1S/C13H13N2O2/c16-12-10-6-2-3-7-11(10)13(17)15(12)14-8-4-1-5-9-14/h1-5,8-11H,6-7H2/q+1. The molecule has 2 aliphatic rings. The molecule has 2 amide bonds. The summed E-state index contributed by atoms with van der Waals surface area (Å²) < 4.78 is 1.57. The van der Waals surface area contributed by atoms with Crippen molar-refractivity contribution in [1.29, 1.82) is 0 Å². The van der Waals surface area contributed by atoms with Gasteiger partial charge in [-0.25, -0.2) is 0 Å². The molecule has 17 heavy (non-hydrogen) atoms. The van der Waals surface area contributed by atoms with Crippen LogP contribution in [0, 0.1) is 11.8 Å². The number of aromatic nitrogens is 1. The maximum atomic E-state index is 12.2. The lowest BCUT2D eigenvalue weighted by Crippen LogP contribution is -2.60. The number of carbonyl (C=O) groups is 2. The number of pyridine rings is 1. The van der Waals surface area contributed by atoms with Gasteiger partial charge in [0.25, 0.3) is 11.8 Å². The summed E-state index contributed by atoms with van der Waals surface area (Å²) in [5, 5.41) is 1.27. The largest absolute Gasteiger partial charge is 0.291 e. The molecule has 0 aromatic carbocycles. The van der Waals surface area contributed by atoms with Gasteiger partial charge >= 0.3 is 0 Å². The highest BCUT2D eigenvalue weighted by atomic mass is 16.2. The fraction of sp³-hybridized carbons (Fsp3) is 0.308. The molecule has 0 N–H and O–H groups in total. The van der Waals surface area contributed by atoms with Crippen molar-refractivity contribution in [1.82, 2.24) is 0 Å². The van der Waals surface area contributed by atoms with Crippen molar-refractivity contribution in [2.75, 3.05) is 5.01 Å². The highest BCUT2D eigenvalue weighted by molar-refractivity contribution is 6.15. The van der Waals surface area contributed by atoms with Gasteiger partial charge in [0.1, 0.15) is 0 Å². The first-order valence-corrected chi connectivity index (χ1v) is 5.78. The van der Waals surface area contributed by atoms with Gasteiger partial charge in [-0.3, -0.25) is 9.59 Å². The fourth-order valence-electron chi connectivity index (χ4n) is 2.53. The van der Waals surface area contributed by atoms with E-state index in [1.54, 1.807) is 29.2 Å². The number of rotatable bonds is 1. The topological polar surface area (TPSA) is 41.3 Å². The van der Waals surface area contributed by atoms with Crippen molar-refractivity contribution in [2.45, 2.75) is 12.8 Å². The molecule has 86 valence electrons. The van der Waals surface area contributed by atoms with Crippen LogP contribution in [0.3, 0.4) is 0 Å². The normalized spacial score (nSPS) is 27.4. The molecule has 1 aliphatic carbocycles. The lowest BCUT2D eigenvalue weighted by Gasteiger charge is -2.13. The van der Waals surface area contributed by atoms with Crippen molar-refractivity contribution in [2.24, 2.45) is 11.8 Å². The smallest absolute Gasteiger partial charge is 0.268 e. The zero-order valence-corrected chi connectivity index (χ0v) is 9.32. The van der Waals surface area contributed by atoms with Gasteiger partial charge in [0.15, 0.2) is 0 Å². The van der Waals surface area contributed by atoms with Crippen LogP contribution in [-0.2, 0) is 9.59 Å². The number of hydrogen-bond donors (Lipinski definition) is 0. The van der Waals surface area contributed by atoms with Crippen molar-refractivity contribution in [3.63, 3.8) is 0 Å². The highest BCUT2D eigenvalue weighted by Gasteiger charge is 2.52. The fourth-order valence-corrected chi connectivity index (χ4v) is 2.53. The van der Waals surface area contributed by atoms with Gasteiger partial charge in [0.05, 0.1) is 11.8 Å². The van der Waals surface area contributed by atoms with E-state index in [9.17, 15) is 9.59 Å². The molecular formula is C13H13N2O2+. The minimum atomic E-state index is -0.166. The van der Waals surface area contributed by atoms with Gasteiger partial charge in [0, 0.05) is 12.1 Å². The lowest BCUT2D eigenvalue weighted by atomic mass is 9.85. The van der Waals surface area contributed by atoms with Crippen LogP contribution in [0.5, 0.6) is 0 Å². The lowest BCUT2D eigenvalue weighted by molar-refractivity contribution is -0.673. The first-order chi connectivity index (χ1) is 8.29. The summed E-state index contributed by atoms with van der Waals surface area (Å²) in [4.78, 5) is 24.4. The molecule has 0 spiro atoms. The molecule has 2 atom stereocenters. The van der Waals surface area contributed by atoms with Crippen LogP contribution in [0.2, 0.25) is 0 Å². The van der Waals surface area contributed by atoms with Crippen molar-refractivity contribution < 1.29 is 14.3 Å². The quantitative estimate of drug-likeness (QED) is 0.401. The summed E-state index contributed by atoms with van der Waals surface area (Å²) in [6.07, 6.45) is 8.79. The number of amides is 2. The van der Waals surface area contributed by atoms with E-state index in [-0.39, 0.29) is 23.7 Å². The number of carbonyl (C=O) groups excluding carboxylic acids is 2. The molecule has 3 rings (SSSR count). The Morgan fingerprint density at radius 2 is 1.47 bits per heavy atom. The van der Waals surface area contributed by atoms with E-state index >= 15 is 0 Å². The predicted molar refractivity (Wildman–Crippen MR) is 60.2 cm³/mol. The van der Waals surface area contributed by atoms with Crippen LogP contribution in [0.4, 0.5) is 0 Å². The molecule has 1 fully saturated rings. The van der Waals surface area contributed by atoms with E-state index < -0.39 is 0 Å². The van der Waals surface area contributed by atoms with E-state index in [1.165, 1.54) is 5.01 Å². The highest BCUT2D eigenvalue weighted by Crippen LogP contribution is 2.32. The van der Waals surface area contributed by atoms with E-state index in [0.717, 1.165) is 0 Å². The Hall–Kier alpha value is -1.97. The first-order valence-electron chi connectivity index (χ1n) is 5.78. The second kappa shape index (κ2) is 3.80. The maximum absolute atomic E-state index is 12.2. The molecule has 1 aromatic rings. The minimum absolute atomic E-state index is 0.0828. The van der Waals surface area contributed by atoms with Crippen LogP contribution >= 0.6 is 0 Å². The summed E-state index contributed by atoms with van der Waals surface area (Å²) in [6.45, 7) is 0. The monoisotopic (exact) mass is 229 g/mol. The van der Waals surface area contributed by atoms with Crippen LogP contribution in [0.15, 0.2) is 42.7 Å². The van der Waals surface area contributed by atoms with Crippen molar-refractivity contribution >= 4 is 11.8 Å². The molecule has 1 aliphatic heterocycles. The second-order valence-electron chi connectivity index (χ2n) is 4.40. The number of allylic oxidation sites excluding steroid dienone is 2. The van der Waals surface area contributed by atoms with Gasteiger partial charge in [-0.15, -0.1) is 0 Å². The summed E-state index contributed by atoms with van der Waals surface area (Å²) in [5.74, 6) is -0.499. The number of nitrogens with zero attached hydrogens (tertiary/aromatic N) is 2. The maximum Gasteiger partial charge on any atom is 0.291 e. The summed E-state index contributed by atoms with van der Waals surface area (Å²) in [6, 6.07) is 5.47. The number of hydrogen-bond acceptors (Lipinski definition) is 2. The average molecular weight is 229 g/mol. The third-order valence-electron chi connectivity index (χ3n) is 3.42. The summed E-state index contributed by atoms with van der Waals surface area (Å²) >= 11 is 0. The molecule has 1 saturated heterocycles. The van der Waals surface area contributed by atoms with E-state index in [1.807, 2.05) is 18.2 Å². The van der Waals surface area contributed by atoms with Crippen LogP contribution in [-0.4, -0.2) is 11.8 Å². The third-order valence-corrected chi connectivity index (χ3v) is 3.42. The molecule has 0 radical (unpaired) electrons. The van der Waals surface area contributed by atoms with Gasteiger partial charge in [-0.1, -0.05) is 22.9 Å². The minimum Gasteiger partial charge on any atom is -0.268 e. The van der Waals surface area contributed by atoms with Crippen molar-refractivity contribution in [3.8, 4) is 0 Å². The summed E-state index contributed by atoms with van der Waals surface area (Å²) in [5.41, 5.74) is 0. The van der Waals surface area contributed by atoms with Crippen molar-refractivity contribution in [3.05, 3.63) is 42.7 Å². The van der Waals surface area contributed by atoms with Gasteiger partial charge in [-0.2, -0.15) is 0 Å². The molecule has 1 aromatic heterocycles. The Morgan fingerprint density at radius 3 is 2.00 bits per heavy atom. The molecule has 0 bridgehead atoms. The molecular weight excluding hydrogens is 216 g/mol. The molecule has 4 nitrogen and oxygen atoms in total. The Bertz CT molecular complexity index is 469. The van der Waals surface area contributed by atoms with E-state index in [4.69, 9.17) is 0 Å². The molecule has 2 unspecified atom stereocenters. The Balaban J connectivity index is 1.98. The van der Waals surface area contributed by atoms with Gasteiger partial charge in [-0.05, 0) is 17.9 Å². The second-order valence-corrected chi connectivity index (χ2v) is 4.40. The van der Waals surface area contributed by atoms with Gasteiger partial charge in [0.2, 0.25) is 12.4 Å². The Kier molecular flexibility index (Phi) is 2.28. The Morgan fingerprint density at radius 1 is 0.941 bits per heavy atom. The average Bonchev–Trinajstić information content (AvgIpc) is 2.64. The van der Waals surface area contributed by atoms with E-state index in [0.29, 0.717) is 12.8 Å². The number of fused-ring (bicyclic) bond motifs is 1. The number of imide groups is 1. The van der Waals surface area contributed by atoms with Crippen LogP contribution < -0.4 is 9.69 Å². The molecule has 2 heterocycles. The van der Waals surface area contributed by atoms with Crippen LogP contribution in [0.25, 0.3) is 0 Å².